The van der Waals surface area contributed by atoms with E-state index in [2.05, 4.69) is 15.2 Å². The highest BCUT2D eigenvalue weighted by Crippen LogP contribution is 2.24. The summed E-state index contributed by atoms with van der Waals surface area (Å²) in [6, 6.07) is 0.0833. The molecule has 2 N–H and O–H groups in total. The molecule has 1 aromatic rings. The number of aromatic amines is 2. The topological polar surface area (TPSA) is 61.0 Å². The fraction of sp³-hybridized carbons (Fsp3) is 0.500. The predicted octanol–water partition coefficient (Wildman–Crippen LogP) is 0.917. The summed E-state index contributed by atoms with van der Waals surface area (Å²) in [5, 5.41) is 5.36. The van der Waals surface area contributed by atoms with Crippen LogP contribution in [0.3, 0.4) is 0 Å². The van der Waals surface area contributed by atoms with E-state index in [0.717, 1.165) is 24.1 Å². The number of aromatic nitrogens is 2. The fourth-order valence-corrected chi connectivity index (χ4v) is 1.58. The Labute approximate surface area is 69.7 Å². The molecule has 0 fully saturated rings. The van der Waals surface area contributed by atoms with Crippen molar-refractivity contribution in [2.24, 2.45) is 4.99 Å². The van der Waals surface area contributed by atoms with Gasteiger partial charge >= 0.3 is 0 Å². The Kier molecular flexibility index (Phi) is 1.60. The maximum atomic E-state index is 11.3. The number of nitrogens with one attached hydrogen (secondary N) is 2. The second-order valence-corrected chi connectivity index (χ2v) is 3.04. The number of nitrogens with zero attached hydrogens (tertiary/aromatic N) is 1. The molecule has 1 unspecified atom stereocenters. The molecule has 2 rings (SSSR count). The zero-order chi connectivity index (χ0) is 8.55. The standard InChI is InChI=1S/C8H11N3O/c1-5-7(8(12)11-10-5)6-3-2-4-9-6/h4,6H,2-3H2,1H3,(H2,10,11,12). The van der Waals surface area contributed by atoms with Crippen LogP contribution in [0.15, 0.2) is 9.79 Å². The summed E-state index contributed by atoms with van der Waals surface area (Å²) in [6.45, 7) is 1.89. The Balaban J connectivity index is 2.44. The van der Waals surface area contributed by atoms with Crippen LogP contribution in [0.5, 0.6) is 0 Å². The molecule has 0 radical (unpaired) electrons. The van der Waals surface area contributed by atoms with Crippen molar-refractivity contribution in [2.75, 3.05) is 0 Å². The first-order valence-corrected chi connectivity index (χ1v) is 4.08. The molecule has 0 saturated carbocycles. The largest absolute Gasteiger partial charge is 0.302 e. The van der Waals surface area contributed by atoms with Gasteiger partial charge in [-0.05, 0) is 26.0 Å². The fourth-order valence-electron chi connectivity index (χ4n) is 1.58. The first-order chi connectivity index (χ1) is 5.79. The molecule has 1 aliphatic rings. The lowest BCUT2D eigenvalue weighted by molar-refractivity contribution is 0.713. The Hall–Kier alpha value is -1.32. The normalized spacial score (nSPS) is 21.9. The van der Waals surface area contributed by atoms with Crippen LogP contribution in [-0.2, 0) is 0 Å². The van der Waals surface area contributed by atoms with E-state index < -0.39 is 0 Å². The Morgan fingerprint density at radius 2 is 2.42 bits per heavy atom. The summed E-state index contributed by atoms with van der Waals surface area (Å²) in [5.74, 6) is 0. The molecule has 64 valence electrons. The molecular weight excluding hydrogens is 154 g/mol. The third-order valence-electron chi connectivity index (χ3n) is 2.20. The SMILES string of the molecule is Cc1[nH][nH]c(=O)c1C1CCC=N1. The minimum Gasteiger partial charge on any atom is -0.302 e. The molecule has 1 atom stereocenters. The number of aryl methyl sites for hydroxylation is 1. The van der Waals surface area contributed by atoms with E-state index in [-0.39, 0.29) is 11.6 Å². The van der Waals surface area contributed by atoms with E-state index in [1.807, 2.05) is 13.1 Å². The quantitative estimate of drug-likeness (QED) is 0.638. The average Bonchev–Trinajstić information content (AvgIpc) is 2.61. The van der Waals surface area contributed by atoms with Gasteiger partial charge in [-0.25, -0.2) is 0 Å². The summed E-state index contributed by atoms with van der Waals surface area (Å²) in [5.41, 5.74) is 1.67. The van der Waals surface area contributed by atoms with Crippen LogP contribution >= 0.6 is 0 Å². The molecule has 0 spiro atoms. The number of hydrogen-bond donors (Lipinski definition) is 2. The smallest absolute Gasteiger partial charge is 0.269 e. The minimum atomic E-state index is -0.0310. The molecule has 1 aromatic heterocycles. The number of rotatable bonds is 1. The Morgan fingerprint density at radius 3 is 2.92 bits per heavy atom. The van der Waals surface area contributed by atoms with Gasteiger partial charge in [0.15, 0.2) is 0 Å². The molecule has 2 heterocycles. The van der Waals surface area contributed by atoms with E-state index >= 15 is 0 Å². The molecule has 0 saturated heterocycles. The van der Waals surface area contributed by atoms with Crippen molar-refractivity contribution in [3.63, 3.8) is 0 Å². The second-order valence-electron chi connectivity index (χ2n) is 3.04. The van der Waals surface area contributed by atoms with E-state index in [1.54, 1.807) is 0 Å². The second kappa shape index (κ2) is 2.62. The Morgan fingerprint density at radius 1 is 1.58 bits per heavy atom. The van der Waals surface area contributed by atoms with Crippen molar-refractivity contribution in [1.82, 2.24) is 10.2 Å². The number of H-pyrrole nitrogens is 2. The molecule has 1 aliphatic heterocycles. The van der Waals surface area contributed by atoms with Crippen molar-refractivity contribution in [3.8, 4) is 0 Å². The van der Waals surface area contributed by atoms with E-state index in [0.29, 0.717) is 0 Å². The van der Waals surface area contributed by atoms with Gasteiger partial charge in [-0.2, -0.15) is 0 Å². The predicted molar refractivity (Wildman–Crippen MR) is 46.6 cm³/mol. The van der Waals surface area contributed by atoms with Crippen molar-refractivity contribution in [1.29, 1.82) is 0 Å². The Bertz CT molecular complexity index is 361. The summed E-state index contributed by atoms with van der Waals surface area (Å²) < 4.78 is 0. The molecular formula is C8H11N3O. The van der Waals surface area contributed by atoms with Crippen molar-refractivity contribution >= 4 is 6.21 Å². The number of aliphatic imine (C=N–C) groups is 1. The average molecular weight is 165 g/mol. The highest BCUT2D eigenvalue weighted by atomic mass is 16.1. The minimum absolute atomic E-state index is 0.0310. The summed E-state index contributed by atoms with van der Waals surface area (Å²) in [6.07, 6.45) is 3.83. The molecule has 0 amide bonds. The molecule has 0 aliphatic carbocycles. The van der Waals surface area contributed by atoms with Gasteiger partial charge in [0, 0.05) is 5.69 Å². The van der Waals surface area contributed by atoms with Gasteiger partial charge in [-0.3, -0.25) is 14.9 Å². The van der Waals surface area contributed by atoms with Crippen molar-refractivity contribution in [2.45, 2.75) is 25.8 Å². The first-order valence-electron chi connectivity index (χ1n) is 4.08. The third-order valence-corrected chi connectivity index (χ3v) is 2.20. The van der Waals surface area contributed by atoms with Crippen LogP contribution in [0.25, 0.3) is 0 Å². The van der Waals surface area contributed by atoms with Gasteiger partial charge in [0.2, 0.25) is 0 Å². The molecule has 12 heavy (non-hydrogen) atoms. The lowest BCUT2D eigenvalue weighted by Crippen LogP contribution is -2.08. The van der Waals surface area contributed by atoms with Gasteiger partial charge in [-0.1, -0.05) is 0 Å². The van der Waals surface area contributed by atoms with Crippen molar-refractivity contribution < 1.29 is 0 Å². The van der Waals surface area contributed by atoms with Gasteiger partial charge in [-0.15, -0.1) is 0 Å². The van der Waals surface area contributed by atoms with Crippen LogP contribution in [-0.4, -0.2) is 16.4 Å². The van der Waals surface area contributed by atoms with Crippen molar-refractivity contribution in [3.05, 3.63) is 21.6 Å². The maximum absolute atomic E-state index is 11.3. The van der Waals surface area contributed by atoms with Crippen LogP contribution in [0.1, 0.15) is 30.1 Å². The van der Waals surface area contributed by atoms with E-state index in [4.69, 9.17) is 0 Å². The zero-order valence-corrected chi connectivity index (χ0v) is 6.92. The van der Waals surface area contributed by atoms with Crippen LogP contribution in [0.4, 0.5) is 0 Å². The van der Waals surface area contributed by atoms with E-state index in [1.165, 1.54) is 0 Å². The molecule has 4 nitrogen and oxygen atoms in total. The zero-order valence-electron chi connectivity index (χ0n) is 6.92. The van der Waals surface area contributed by atoms with Gasteiger partial charge in [0.25, 0.3) is 5.56 Å². The lowest BCUT2D eigenvalue weighted by atomic mass is 10.1. The maximum Gasteiger partial charge on any atom is 0.269 e. The summed E-state index contributed by atoms with van der Waals surface area (Å²) in [4.78, 5) is 15.5. The molecule has 0 aromatic carbocycles. The highest BCUT2D eigenvalue weighted by Gasteiger charge is 2.19. The van der Waals surface area contributed by atoms with Crippen LogP contribution in [0.2, 0.25) is 0 Å². The molecule has 4 heteroatoms. The van der Waals surface area contributed by atoms with Gasteiger partial charge in [0.05, 0.1) is 11.6 Å². The first kappa shape index (κ1) is 7.34. The number of hydrogen-bond acceptors (Lipinski definition) is 2. The summed E-state index contributed by atoms with van der Waals surface area (Å²) >= 11 is 0. The van der Waals surface area contributed by atoms with Crippen LogP contribution in [0, 0.1) is 6.92 Å². The van der Waals surface area contributed by atoms with E-state index in [9.17, 15) is 4.79 Å². The highest BCUT2D eigenvalue weighted by molar-refractivity contribution is 5.60. The molecule has 0 bridgehead atoms. The van der Waals surface area contributed by atoms with Crippen LogP contribution < -0.4 is 5.56 Å². The third kappa shape index (κ3) is 0.995. The lowest BCUT2D eigenvalue weighted by Gasteiger charge is -2.02. The monoisotopic (exact) mass is 165 g/mol. The van der Waals surface area contributed by atoms with Gasteiger partial charge < -0.3 is 5.10 Å². The van der Waals surface area contributed by atoms with Gasteiger partial charge in [0.1, 0.15) is 0 Å². The summed E-state index contributed by atoms with van der Waals surface area (Å²) in [7, 11) is 0.